The first-order valence-corrected chi connectivity index (χ1v) is 6.31. The van der Waals surface area contributed by atoms with Gasteiger partial charge in [-0.2, -0.15) is 0 Å². The van der Waals surface area contributed by atoms with Crippen molar-refractivity contribution in [3.63, 3.8) is 0 Å². The van der Waals surface area contributed by atoms with Crippen LogP contribution in [0.4, 0.5) is 5.13 Å². The number of nitrogens with zero attached hydrogens (tertiary/aromatic N) is 2. The summed E-state index contributed by atoms with van der Waals surface area (Å²) in [6.07, 6.45) is 0. The molecule has 0 aliphatic carbocycles. The highest BCUT2D eigenvalue weighted by atomic mass is 32.1. The van der Waals surface area contributed by atoms with Gasteiger partial charge in [-0.05, 0) is 19.8 Å². The first-order chi connectivity index (χ1) is 7.08. The molecule has 0 bridgehead atoms. The molecular formula is C11H21N3S. The van der Waals surface area contributed by atoms with Crippen LogP contribution in [-0.4, -0.2) is 18.1 Å². The summed E-state index contributed by atoms with van der Waals surface area (Å²) in [5, 5.41) is 1.11. The van der Waals surface area contributed by atoms with Crippen LogP contribution in [0.2, 0.25) is 0 Å². The molecule has 0 aliphatic heterocycles. The topological polar surface area (TPSA) is 42.2 Å². The van der Waals surface area contributed by atoms with Gasteiger partial charge in [-0.3, -0.25) is 0 Å². The van der Waals surface area contributed by atoms with E-state index in [9.17, 15) is 0 Å². The number of hydrogen-bond donors (Lipinski definition) is 1. The van der Waals surface area contributed by atoms with Gasteiger partial charge in [0.25, 0.3) is 0 Å². The van der Waals surface area contributed by atoms with Crippen LogP contribution >= 0.6 is 11.3 Å². The number of thiazole rings is 1. The zero-order chi connectivity index (χ0) is 11.4. The van der Waals surface area contributed by atoms with Gasteiger partial charge in [0.1, 0.15) is 0 Å². The summed E-state index contributed by atoms with van der Waals surface area (Å²) in [4.78, 5) is 8.09. The normalized spacial score (nSPS) is 11.1. The van der Waals surface area contributed by atoms with Gasteiger partial charge in [-0.15, -0.1) is 11.3 Å². The number of hydrogen-bond acceptors (Lipinski definition) is 4. The van der Waals surface area contributed by atoms with E-state index >= 15 is 0 Å². The molecule has 2 N–H and O–H groups in total. The van der Waals surface area contributed by atoms with E-state index in [1.165, 1.54) is 4.88 Å². The lowest BCUT2D eigenvalue weighted by molar-refractivity contribution is 0.617. The van der Waals surface area contributed by atoms with Crippen molar-refractivity contribution in [3.05, 3.63) is 10.6 Å². The van der Waals surface area contributed by atoms with E-state index in [0.29, 0.717) is 12.5 Å². The van der Waals surface area contributed by atoms with Gasteiger partial charge in [0.15, 0.2) is 5.13 Å². The van der Waals surface area contributed by atoms with Gasteiger partial charge in [-0.25, -0.2) is 4.98 Å². The summed E-state index contributed by atoms with van der Waals surface area (Å²) < 4.78 is 0. The number of aryl methyl sites for hydroxylation is 1. The molecule has 4 heteroatoms. The van der Waals surface area contributed by atoms with Crippen molar-refractivity contribution < 1.29 is 0 Å². The van der Waals surface area contributed by atoms with Crippen LogP contribution in [0.15, 0.2) is 0 Å². The van der Waals surface area contributed by atoms with E-state index in [2.05, 4.69) is 30.7 Å². The Balaban J connectivity index is 2.82. The molecule has 1 rings (SSSR count). The Labute approximate surface area is 96.3 Å². The van der Waals surface area contributed by atoms with Crippen LogP contribution in [0.3, 0.4) is 0 Å². The third kappa shape index (κ3) is 3.18. The molecule has 0 amide bonds. The molecule has 0 radical (unpaired) electrons. The van der Waals surface area contributed by atoms with Crippen LogP contribution in [0.5, 0.6) is 0 Å². The lowest BCUT2D eigenvalue weighted by Crippen LogP contribution is -2.26. The first kappa shape index (κ1) is 12.5. The van der Waals surface area contributed by atoms with E-state index in [-0.39, 0.29) is 0 Å². The molecule has 1 heterocycles. The van der Waals surface area contributed by atoms with Crippen molar-refractivity contribution in [1.82, 2.24) is 4.98 Å². The minimum atomic E-state index is 0.600. The summed E-state index contributed by atoms with van der Waals surface area (Å²) >= 11 is 1.72. The van der Waals surface area contributed by atoms with Gasteiger partial charge in [0.05, 0.1) is 5.69 Å². The molecule has 15 heavy (non-hydrogen) atoms. The molecule has 0 spiro atoms. The average Bonchev–Trinajstić information content (AvgIpc) is 2.55. The highest BCUT2D eigenvalue weighted by Gasteiger charge is 2.12. The summed E-state index contributed by atoms with van der Waals surface area (Å²) in [5.74, 6) is 0.662. The lowest BCUT2D eigenvalue weighted by Gasteiger charge is -2.21. The molecule has 1 aromatic heterocycles. The van der Waals surface area contributed by atoms with Gasteiger partial charge < -0.3 is 10.6 Å². The second-order valence-corrected chi connectivity index (χ2v) is 5.20. The Morgan fingerprint density at radius 2 is 2.13 bits per heavy atom. The molecule has 0 saturated carbocycles. The Hall–Kier alpha value is -0.610. The molecule has 3 nitrogen and oxygen atoms in total. The maximum absolute atomic E-state index is 5.66. The molecule has 0 unspecified atom stereocenters. The highest BCUT2D eigenvalue weighted by molar-refractivity contribution is 7.15. The van der Waals surface area contributed by atoms with Crippen molar-refractivity contribution in [1.29, 1.82) is 0 Å². The minimum absolute atomic E-state index is 0.600. The molecule has 0 saturated heterocycles. The van der Waals surface area contributed by atoms with Crippen LogP contribution in [0.25, 0.3) is 0 Å². The molecule has 0 aliphatic rings. The average molecular weight is 227 g/mol. The van der Waals surface area contributed by atoms with E-state index < -0.39 is 0 Å². The maximum Gasteiger partial charge on any atom is 0.185 e. The van der Waals surface area contributed by atoms with E-state index in [1.807, 2.05) is 6.92 Å². The van der Waals surface area contributed by atoms with Gasteiger partial charge in [0.2, 0.25) is 0 Å². The minimum Gasteiger partial charge on any atom is -0.348 e. The fourth-order valence-electron chi connectivity index (χ4n) is 1.52. The maximum atomic E-state index is 5.66. The molecule has 86 valence electrons. The number of aromatic nitrogens is 1. The van der Waals surface area contributed by atoms with Crippen LogP contribution in [-0.2, 0) is 6.54 Å². The van der Waals surface area contributed by atoms with Crippen molar-refractivity contribution in [3.8, 4) is 0 Å². The monoisotopic (exact) mass is 227 g/mol. The van der Waals surface area contributed by atoms with Gasteiger partial charge >= 0.3 is 0 Å². The van der Waals surface area contributed by atoms with Crippen LogP contribution in [0, 0.1) is 12.8 Å². The lowest BCUT2D eigenvalue weighted by atomic mass is 10.2. The summed E-state index contributed by atoms with van der Waals surface area (Å²) in [5.41, 5.74) is 6.74. The van der Waals surface area contributed by atoms with Crippen molar-refractivity contribution in [2.75, 3.05) is 18.0 Å². The zero-order valence-corrected chi connectivity index (χ0v) is 10.9. The SMILES string of the molecule is CCN(CC(C)C)c1nc(C)c(CN)s1. The Kier molecular flexibility index (Phi) is 4.54. The van der Waals surface area contributed by atoms with Gasteiger partial charge in [0, 0.05) is 24.5 Å². The van der Waals surface area contributed by atoms with Crippen LogP contribution in [0.1, 0.15) is 31.3 Å². The summed E-state index contributed by atoms with van der Waals surface area (Å²) in [7, 11) is 0. The third-order valence-corrected chi connectivity index (χ3v) is 3.55. The second kappa shape index (κ2) is 5.47. The van der Waals surface area contributed by atoms with E-state index in [0.717, 1.165) is 23.9 Å². The third-order valence-electron chi connectivity index (χ3n) is 2.30. The van der Waals surface area contributed by atoms with Crippen LogP contribution < -0.4 is 10.6 Å². The summed E-state index contributed by atoms with van der Waals surface area (Å²) in [6.45, 7) is 11.3. The largest absolute Gasteiger partial charge is 0.348 e. The van der Waals surface area contributed by atoms with Crippen molar-refractivity contribution >= 4 is 16.5 Å². The molecule has 0 aromatic carbocycles. The highest BCUT2D eigenvalue weighted by Crippen LogP contribution is 2.26. The predicted molar refractivity (Wildman–Crippen MR) is 67.5 cm³/mol. The smallest absolute Gasteiger partial charge is 0.185 e. The number of rotatable bonds is 5. The standard InChI is InChI=1S/C11H21N3S/c1-5-14(7-8(2)3)11-13-9(4)10(6-12)15-11/h8H,5-7,12H2,1-4H3. The molecule has 1 aromatic rings. The van der Waals surface area contributed by atoms with Crippen molar-refractivity contribution in [2.24, 2.45) is 11.7 Å². The zero-order valence-electron chi connectivity index (χ0n) is 10.1. The quantitative estimate of drug-likeness (QED) is 0.840. The van der Waals surface area contributed by atoms with E-state index in [1.54, 1.807) is 11.3 Å². The fourth-order valence-corrected chi connectivity index (χ4v) is 2.53. The van der Waals surface area contributed by atoms with E-state index in [4.69, 9.17) is 5.73 Å². The Morgan fingerprint density at radius 3 is 2.53 bits per heavy atom. The first-order valence-electron chi connectivity index (χ1n) is 5.49. The molecular weight excluding hydrogens is 206 g/mol. The Morgan fingerprint density at radius 1 is 1.47 bits per heavy atom. The van der Waals surface area contributed by atoms with Crippen molar-refractivity contribution in [2.45, 2.75) is 34.2 Å². The predicted octanol–water partition coefficient (Wildman–Crippen LogP) is 2.39. The van der Waals surface area contributed by atoms with Gasteiger partial charge in [-0.1, -0.05) is 13.8 Å². The Bertz CT molecular complexity index is 307. The number of anilines is 1. The second-order valence-electron chi connectivity index (χ2n) is 4.14. The molecule has 0 atom stereocenters. The fraction of sp³-hybridized carbons (Fsp3) is 0.727. The number of nitrogens with two attached hydrogens (primary N) is 1. The summed E-state index contributed by atoms with van der Waals surface area (Å²) in [6, 6.07) is 0. The molecule has 0 fully saturated rings.